The first kappa shape index (κ1) is 24.1. The van der Waals surface area contributed by atoms with Gasteiger partial charge in [-0.05, 0) is 55.0 Å². The van der Waals surface area contributed by atoms with Crippen molar-refractivity contribution in [3.05, 3.63) is 64.7 Å². The molecule has 2 atom stereocenters. The Hall–Kier alpha value is -3.25. The molecule has 196 valence electrons. The molecule has 0 bridgehead atoms. The highest BCUT2D eigenvalue weighted by Crippen LogP contribution is 2.48. The molecule has 1 aromatic carbocycles. The van der Waals surface area contributed by atoms with Gasteiger partial charge in [0.05, 0.1) is 41.8 Å². The molecular formula is C25H22F5N3O4. The van der Waals surface area contributed by atoms with Gasteiger partial charge in [-0.2, -0.15) is 18.3 Å². The lowest BCUT2D eigenvalue weighted by atomic mass is 9.69. The van der Waals surface area contributed by atoms with Crippen molar-refractivity contribution >= 4 is 0 Å². The quantitative estimate of drug-likeness (QED) is 0.483. The number of pyridine rings is 1. The number of ether oxygens (including phenoxy) is 3. The Morgan fingerprint density at radius 3 is 2.57 bits per heavy atom. The minimum atomic E-state index is -4.66. The number of aliphatic hydroxyl groups is 1. The molecule has 7 nitrogen and oxygen atoms in total. The van der Waals surface area contributed by atoms with Gasteiger partial charge in [-0.25, -0.2) is 4.68 Å². The van der Waals surface area contributed by atoms with Crippen LogP contribution in [0.3, 0.4) is 0 Å². The van der Waals surface area contributed by atoms with Gasteiger partial charge < -0.3 is 19.3 Å². The predicted octanol–water partition coefficient (Wildman–Crippen LogP) is 5.05. The van der Waals surface area contributed by atoms with Gasteiger partial charge in [0.2, 0.25) is 0 Å². The van der Waals surface area contributed by atoms with Crippen molar-refractivity contribution in [2.75, 3.05) is 13.2 Å². The van der Waals surface area contributed by atoms with E-state index in [2.05, 4.69) is 19.6 Å². The normalized spacial score (nSPS) is 22.3. The summed E-state index contributed by atoms with van der Waals surface area (Å²) in [5.41, 5.74) is 0.0477. The standard InChI is InChI=1S/C25H22F5N3O4/c1-13(14-5-6-18-19(9-14)37-25(29,30)36-18)23(11-35-12-23)20-10-15(7-8-31-20)33-21-16(3-2-4-17(21)34)22(32-33)24(26,27)28/h5-10,13,17,34H,2-4,11-12H2,1H3. The number of hydrogen-bond acceptors (Lipinski definition) is 6. The van der Waals surface area contributed by atoms with Gasteiger partial charge in [0.1, 0.15) is 0 Å². The average molecular weight is 523 g/mol. The molecule has 2 aliphatic heterocycles. The van der Waals surface area contributed by atoms with Crippen LogP contribution in [0.15, 0.2) is 36.5 Å². The second kappa shape index (κ2) is 8.12. The Balaban J connectivity index is 1.40. The molecule has 1 N–H and O–H groups in total. The summed E-state index contributed by atoms with van der Waals surface area (Å²) < 4.78 is 84.0. The van der Waals surface area contributed by atoms with Crippen molar-refractivity contribution in [1.29, 1.82) is 0 Å². The summed E-state index contributed by atoms with van der Waals surface area (Å²) in [4.78, 5) is 4.51. The van der Waals surface area contributed by atoms with Crippen molar-refractivity contribution in [2.24, 2.45) is 0 Å². The van der Waals surface area contributed by atoms with Crippen molar-refractivity contribution in [3.8, 4) is 17.2 Å². The van der Waals surface area contributed by atoms with Crippen LogP contribution in [0.2, 0.25) is 0 Å². The fourth-order valence-corrected chi connectivity index (χ4v) is 5.40. The highest BCUT2D eigenvalue weighted by atomic mass is 19.4. The van der Waals surface area contributed by atoms with E-state index < -0.39 is 29.7 Å². The first-order chi connectivity index (χ1) is 17.5. The van der Waals surface area contributed by atoms with Crippen LogP contribution in [0.5, 0.6) is 11.5 Å². The summed E-state index contributed by atoms with van der Waals surface area (Å²) >= 11 is 0. The highest BCUT2D eigenvalue weighted by Gasteiger charge is 2.49. The summed E-state index contributed by atoms with van der Waals surface area (Å²) in [6.45, 7) is 2.43. The van der Waals surface area contributed by atoms with E-state index in [1.165, 1.54) is 18.3 Å². The molecule has 0 saturated carbocycles. The van der Waals surface area contributed by atoms with Gasteiger partial charge in [-0.1, -0.05) is 13.0 Å². The second-order valence-electron chi connectivity index (χ2n) is 9.67. The molecule has 2 aromatic heterocycles. The van der Waals surface area contributed by atoms with Crippen molar-refractivity contribution in [2.45, 2.75) is 56.1 Å². The van der Waals surface area contributed by atoms with Crippen LogP contribution in [0.1, 0.15) is 60.0 Å². The molecule has 0 spiro atoms. The first-order valence-electron chi connectivity index (χ1n) is 11.8. The van der Waals surface area contributed by atoms with E-state index >= 15 is 0 Å². The number of aromatic nitrogens is 3. The molecule has 1 fully saturated rings. The van der Waals surface area contributed by atoms with Crippen LogP contribution in [0, 0.1) is 0 Å². The second-order valence-corrected chi connectivity index (χ2v) is 9.67. The van der Waals surface area contributed by atoms with Crippen LogP contribution in [0.4, 0.5) is 22.0 Å². The monoisotopic (exact) mass is 523 g/mol. The molecule has 3 aromatic rings. The highest BCUT2D eigenvalue weighted by molar-refractivity contribution is 5.48. The van der Waals surface area contributed by atoms with Gasteiger partial charge in [-0.15, -0.1) is 8.78 Å². The Kier molecular flexibility index (Phi) is 5.29. The maximum Gasteiger partial charge on any atom is 0.586 e. The van der Waals surface area contributed by atoms with Gasteiger partial charge >= 0.3 is 12.5 Å². The lowest BCUT2D eigenvalue weighted by Crippen LogP contribution is -2.51. The number of benzene rings is 1. The largest absolute Gasteiger partial charge is 0.586 e. The number of alkyl halides is 5. The lowest BCUT2D eigenvalue weighted by Gasteiger charge is -2.45. The Bertz CT molecular complexity index is 1370. The average Bonchev–Trinajstić information content (AvgIpc) is 3.35. The van der Waals surface area contributed by atoms with Gasteiger partial charge in [0, 0.05) is 11.8 Å². The lowest BCUT2D eigenvalue weighted by molar-refractivity contribution is -0.286. The van der Waals surface area contributed by atoms with Crippen molar-refractivity contribution in [1.82, 2.24) is 14.8 Å². The predicted molar refractivity (Wildman–Crippen MR) is 118 cm³/mol. The third-order valence-electron chi connectivity index (χ3n) is 7.48. The van der Waals surface area contributed by atoms with E-state index in [-0.39, 0.29) is 48.3 Å². The van der Waals surface area contributed by atoms with Crippen LogP contribution in [0.25, 0.3) is 5.69 Å². The van der Waals surface area contributed by atoms with Crippen LogP contribution < -0.4 is 9.47 Å². The van der Waals surface area contributed by atoms with E-state index in [1.54, 1.807) is 18.2 Å². The summed E-state index contributed by atoms with van der Waals surface area (Å²) in [5.74, 6) is -0.430. The van der Waals surface area contributed by atoms with Crippen molar-refractivity contribution < 1.29 is 41.3 Å². The van der Waals surface area contributed by atoms with Gasteiger partial charge in [0.15, 0.2) is 17.2 Å². The zero-order chi connectivity index (χ0) is 26.2. The van der Waals surface area contributed by atoms with E-state index in [4.69, 9.17) is 4.74 Å². The summed E-state index contributed by atoms with van der Waals surface area (Å²) in [6, 6.07) is 7.75. The molecule has 3 aliphatic rings. The molecular weight excluding hydrogens is 501 g/mol. The number of rotatable bonds is 4. The van der Waals surface area contributed by atoms with Gasteiger partial charge in [0.25, 0.3) is 0 Å². The molecule has 0 amide bonds. The van der Waals surface area contributed by atoms with E-state index in [9.17, 15) is 27.1 Å². The van der Waals surface area contributed by atoms with Crippen LogP contribution in [-0.2, 0) is 22.7 Å². The molecule has 6 rings (SSSR count). The molecule has 1 aliphatic carbocycles. The summed E-state index contributed by atoms with van der Waals surface area (Å²) in [5, 5.41) is 14.5. The number of hydrogen-bond donors (Lipinski definition) is 1. The molecule has 37 heavy (non-hydrogen) atoms. The molecule has 12 heteroatoms. The molecule has 1 saturated heterocycles. The SMILES string of the molecule is CC(c1ccc2c(c1)OC(F)(F)O2)C1(c2cc(-n3nc(C(F)(F)F)c4c3C(O)CCC4)ccn2)COC1. The molecule has 0 radical (unpaired) electrons. The maximum absolute atomic E-state index is 13.7. The Morgan fingerprint density at radius 2 is 1.86 bits per heavy atom. The molecule has 2 unspecified atom stereocenters. The number of fused-ring (bicyclic) bond motifs is 2. The smallest absolute Gasteiger partial charge is 0.395 e. The zero-order valence-corrected chi connectivity index (χ0v) is 19.6. The Morgan fingerprint density at radius 1 is 1.11 bits per heavy atom. The topological polar surface area (TPSA) is 78.6 Å². The van der Waals surface area contributed by atoms with E-state index in [0.29, 0.717) is 29.8 Å². The fraction of sp³-hybridized carbons (Fsp3) is 0.440. The fourth-order valence-electron chi connectivity index (χ4n) is 5.40. The third-order valence-corrected chi connectivity index (χ3v) is 7.48. The van der Waals surface area contributed by atoms with Crippen LogP contribution in [-0.4, -0.2) is 39.4 Å². The number of aliphatic hydroxyl groups excluding tert-OH is 1. The van der Waals surface area contributed by atoms with Crippen molar-refractivity contribution in [3.63, 3.8) is 0 Å². The summed E-state index contributed by atoms with van der Waals surface area (Å²) in [6.07, 6.45) is -7.03. The van der Waals surface area contributed by atoms with Gasteiger partial charge in [-0.3, -0.25) is 4.98 Å². The minimum Gasteiger partial charge on any atom is -0.395 e. The van der Waals surface area contributed by atoms with E-state index in [1.807, 2.05) is 6.92 Å². The minimum absolute atomic E-state index is 0.0110. The third kappa shape index (κ3) is 3.84. The number of halogens is 5. The maximum atomic E-state index is 13.7. The zero-order valence-electron chi connectivity index (χ0n) is 19.6. The first-order valence-corrected chi connectivity index (χ1v) is 11.8. The van der Waals surface area contributed by atoms with Crippen LogP contribution >= 0.6 is 0 Å². The number of nitrogens with zero attached hydrogens (tertiary/aromatic N) is 3. The summed E-state index contributed by atoms with van der Waals surface area (Å²) in [7, 11) is 0. The Labute approximate surface area is 207 Å². The van der Waals surface area contributed by atoms with E-state index in [0.717, 1.165) is 4.68 Å². The molecule has 4 heterocycles.